The number of ether oxygens (including phenoxy) is 2. The molecule has 4 heteroatoms. The molecule has 13 heavy (non-hydrogen) atoms. The molecule has 0 aliphatic heterocycles. The lowest BCUT2D eigenvalue weighted by Gasteiger charge is -2.06. The Hall–Kier alpha value is -0.870. The molecule has 76 valence electrons. The van der Waals surface area contributed by atoms with Crippen LogP contribution in [0.3, 0.4) is 0 Å². The Bertz CT molecular complexity index is 168. The third-order valence-corrected chi connectivity index (χ3v) is 1.33. The molecule has 0 radical (unpaired) electrons. The van der Waals surface area contributed by atoms with E-state index in [1.54, 1.807) is 0 Å². The summed E-state index contributed by atoms with van der Waals surface area (Å²) in [5.41, 5.74) is 5.78. The molecule has 0 bridgehead atoms. The smallest absolute Gasteiger partial charge is 0.241 e. The van der Waals surface area contributed by atoms with Crippen LogP contribution < -0.4 is 5.73 Å². The van der Waals surface area contributed by atoms with Crippen LogP contribution in [0.1, 0.15) is 13.8 Å². The zero-order chi connectivity index (χ0) is 10.1. The zero-order valence-corrected chi connectivity index (χ0v) is 8.21. The van der Waals surface area contributed by atoms with Crippen molar-refractivity contribution in [1.29, 1.82) is 0 Å². The van der Waals surface area contributed by atoms with Crippen molar-refractivity contribution >= 4 is 5.91 Å². The number of hydrogen-bond donors (Lipinski definition) is 1. The lowest BCUT2D eigenvalue weighted by atomic mass is 10.3. The minimum atomic E-state index is -0.464. The second kappa shape index (κ2) is 7.76. The topological polar surface area (TPSA) is 61.5 Å². The van der Waals surface area contributed by atoms with Gasteiger partial charge in [0.05, 0.1) is 13.2 Å². The molecule has 1 amide bonds. The summed E-state index contributed by atoms with van der Waals surface area (Å²) < 4.78 is 10.3. The van der Waals surface area contributed by atoms with Crippen LogP contribution in [0, 0.1) is 0 Å². The van der Waals surface area contributed by atoms with Gasteiger partial charge in [-0.2, -0.15) is 0 Å². The Morgan fingerprint density at radius 1 is 1.23 bits per heavy atom. The van der Waals surface area contributed by atoms with Crippen LogP contribution in [-0.2, 0) is 14.3 Å². The molecule has 0 aromatic heterocycles. The highest BCUT2D eigenvalue weighted by molar-refractivity contribution is 5.86. The van der Waals surface area contributed by atoms with E-state index in [4.69, 9.17) is 15.2 Å². The summed E-state index contributed by atoms with van der Waals surface area (Å²) in [6.45, 7) is 5.81. The SMILES string of the molecule is CCOCC(=CC(N)=O)COCC. The van der Waals surface area contributed by atoms with Crippen molar-refractivity contribution in [2.75, 3.05) is 26.4 Å². The Labute approximate surface area is 78.7 Å². The Balaban J connectivity index is 3.94. The maximum absolute atomic E-state index is 10.6. The lowest BCUT2D eigenvalue weighted by Crippen LogP contribution is -2.12. The van der Waals surface area contributed by atoms with Gasteiger partial charge in [0.2, 0.25) is 5.91 Å². The lowest BCUT2D eigenvalue weighted by molar-refractivity contribution is -0.113. The number of carbonyl (C=O) groups is 1. The first kappa shape index (κ1) is 12.1. The molecule has 0 saturated heterocycles. The van der Waals surface area contributed by atoms with Gasteiger partial charge >= 0.3 is 0 Å². The monoisotopic (exact) mass is 187 g/mol. The molecular weight excluding hydrogens is 170 g/mol. The number of primary amides is 1. The van der Waals surface area contributed by atoms with Crippen molar-refractivity contribution in [3.63, 3.8) is 0 Å². The summed E-state index contributed by atoms with van der Waals surface area (Å²) in [5, 5.41) is 0. The summed E-state index contributed by atoms with van der Waals surface area (Å²) >= 11 is 0. The molecule has 0 unspecified atom stereocenters. The van der Waals surface area contributed by atoms with Crippen LogP contribution in [0.4, 0.5) is 0 Å². The fourth-order valence-corrected chi connectivity index (χ4v) is 0.792. The van der Waals surface area contributed by atoms with Crippen molar-refractivity contribution in [1.82, 2.24) is 0 Å². The number of carbonyl (C=O) groups excluding carboxylic acids is 1. The highest BCUT2D eigenvalue weighted by Crippen LogP contribution is 1.96. The minimum Gasteiger partial charge on any atom is -0.377 e. The molecule has 4 nitrogen and oxygen atoms in total. The second-order valence-electron chi connectivity index (χ2n) is 2.48. The van der Waals surface area contributed by atoms with E-state index in [1.807, 2.05) is 13.8 Å². The molecule has 0 rings (SSSR count). The fraction of sp³-hybridized carbons (Fsp3) is 0.667. The second-order valence-corrected chi connectivity index (χ2v) is 2.48. The Morgan fingerprint density at radius 2 is 1.69 bits per heavy atom. The normalized spacial score (nSPS) is 9.69. The molecule has 2 N–H and O–H groups in total. The van der Waals surface area contributed by atoms with Gasteiger partial charge in [-0.25, -0.2) is 0 Å². The molecule has 0 saturated carbocycles. The largest absolute Gasteiger partial charge is 0.377 e. The standard InChI is InChI=1S/C9H17NO3/c1-3-12-6-8(5-9(10)11)7-13-4-2/h5H,3-4,6-7H2,1-2H3,(H2,10,11). The van der Waals surface area contributed by atoms with Gasteiger partial charge < -0.3 is 15.2 Å². The summed E-state index contributed by atoms with van der Waals surface area (Å²) in [6, 6.07) is 0. The van der Waals surface area contributed by atoms with Gasteiger partial charge in [-0.1, -0.05) is 0 Å². The van der Waals surface area contributed by atoms with Gasteiger partial charge in [0.25, 0.3) is 0 Å². The van der Waals surface area contributed by atoms with Crippen LogP contribution in [0.25, 0.3) is 0 Å². The summed E-state index contributed by atoms with van der Waals surface area (Å²) in [4.78, 5) is 10.6. The van der Waals surface area contributed by atoms with E-state index >= 15 is 0 Å². The first-order valence-electron chi connectivity index (χ1n) is 4.35. The van der Waals surface area contributed by atoms with E-state index in [1.165, 1.54) is 6.08 Å². The van der Waals surface area contributed by atoms with Crippen LogP contribution in [-0.4, -0.2) is 32.3 Å². The highest BCUT2D eigenvalue weighted by Gasteiger charge is 1.99. The Kier molecular flexibility index (Phi) is 7.24. The highest BCUT2D eigenvalue weighted by atomic mass is 16.5. The maximum atomic E-state index is 10.6. The van der Waals surface area contributed by atoms with E-state index in [0.717, 1.165) is 5.57 Å². The number of amides is 1. The third-order valence-electron chi connectivity index (χ3n) is 1.33. The maximum Gasteiger partial charge on any atom is 0.241 e. The molecule has 0 aromatic carbocycles. The number of nitrogens with two attached hydrogens (primary N) is 1. The van der Waals surface area contributed by atoms with E-state index in [2.05, 4.69) is 0 Å². The van der Waals surface area contributed by atoms with E-state index in [9.17, 15) is 4.79 Å². The average molecular weight is 187 g/mol. The van der Waals surface area contributed by atoms with Crippen LogP contribution in [0.5, 0.6) is 0 Å². The van der Waals surface area contributed by atoms with E-state index in [0.29, 0.717) is 26.4 Å². The third kappa shape index (κ3) is 7.49. The molecule has 0 spiro atoms. The van der Waals surface area contributed by atoms with Crippen molar-refractivity contribution in [3.8, 4) is 0 Å². The van der Waals surface area contributed by atoms with Crippen LogP contribution in [0.15, 0.2) is 11.6 Å². The van der Waals surface area contributed by atoms with Gasteiger partial charge in [0.15, 0.2) is 0 Å². The summed E-state index contributed by atoms with van der Waals surface area (Å²) in [6.07, 6.45) is 1.35. The molecule has 0 aliphatic rings. The van der Waals surface area contributed by atoms with Gasteiger partial charge in [-0.3, -0.25) is 4.79 Å². The predicted molar refractivity (Wildman–Crippen MR) is 50.3 cm³/mol. The Morgan fingerprint density at radius 3 is 2.00 bits per heavy atom. The van der Waals surface area contributed by atoms with Crippen molar-refractivity contribution in [3.05, 3.63) is 11.6 Å². The van der Waals surface area contributed by atoms with Crippen molar-refractivity contribution in [2.24, 2.45) is 5.73 Å². The van der Waals surface area contributed by atoms with Crippen LogP contribution in [0.2, 0.25) is 0 Å². The van der Waals surface area contributed by atoms with E-state index < -0.39 is 5.91 Å². The molecular formula is C9H17NO3. The van der Waals surface area contributed by atoms with Crippen molar-refractivity contribution < 1.29 is 14.3 Å². The molecule has 0 aromatic rings. The molecule has 0 fully saturated rings. The van der Waals surface area contributed by atoms with Gasteiger partial charge in [-0.15, -0.1) is 0 Å². The molecule has 0 heterocycles. The van der Waals surface area contributed by atoms with Crippen molar-refractivity contribution in [2.45, 2.75) is 13.8 Å². The zero-order valence-electron chi connectivity index (χ0n) is 8.21. The van der Waals surface area contributed by atoms with E-state index in [-0.39, 0.29) is 0 Å². The average Bonchev–Trinajstić information content (AvgIpc) is 2.09. The number of rotatable bonds is 7. The summed E-state index contributed by atoms with van der Waals surface area (Å²) in [5.74, 6) is -0.464. The fourth-order valence-electron chi connectivity index (χ4n) is 0.792. The number of hydrogen-bond acceptors (Lipinski definition) is 3. The van der Waals surface area contributed by atoms with Gasteiger partial charge in [0, 0.05) is 19.3 Å². The predicted octanol–water partition coefficient (Wildman–Crippen LogP) is 0.471. The first-order chi connectivity index (χ1) is 6.20. The first-order valence-corrected chi connectivity index (χ1v) is 4.35. The summed E-state index contributed by atoms with van der Waals surface area (Å²) in [7, 11) is 0. The molecule has 0 aliphatic carbocycles. The minimum absolute atomic E-state index is 0.402. The van der Waals surface area contributed by atoms with Gasteiger partial charge in [0.1, 0.15) is 0 Å². The van der Waals surface area contributed by atoms with Crippen LogP contribution >= 0.6 is 0 Å². The van der Waals surface area contributed by atoms with Gasteiger partial charge in [-0.05, 0) is 19.4 Å². The molecule has 0 atom stereocenters. The quantitative estimate of drug-likeness (QED) is 0.589.